The lowest BCUT2D eigenvalue weighted by atomic mass is 9.92. The molecule has 6 heteroatoms. The number of nitrogens with two attached hydrogens (primary N) is 1. The number of benzene rings is 2. The number of amides is 1. The number of nitrogen functional groups attached to an aromatic ring is 1. The van der Waals surface area contributed by atoms with Crippen LogP contribution in [-0.4, -0.2) is 23.9 Å². The summed E-state index contributed by atoms with van der Waals surface area (Å²) >= 11 is 0. The van der Waals surface area contributed by atoms with Crippen LogP contribution in [0.3, 0.4) is 0 Å². The molecule has 1 fully saturated rings. The summed E-state index contributed by atoms with van der Waals surface area (Å²) in [6, 6.07) is 14.3. The number of rotatable bonds is 7. The van der Waals surface area contributed by atoms with Gasteiger partial charge in [0.15, 0.2) is 0 Å². The molecule has 0 aliphatic heterocycles. The van der Waals surface area contributed by atoms with Crippen LogP contribution in [0.1, 0.15) is 45.6 Å². The Morgan fingerprint density at radius 2 is 1.93 bits per heavy atom. The van der Waals surface area contributed by atoms with Crippen molar-refractivity contribution in [2.75, 3.05) is 24.3 Å². The van der Waals surface area contributed by atoms with Gasteiger partial charge in [-0.05, 0) is 56.9 Å². The highest BCUT2D eigenvalue weighted by Gasteiger charge is 2.27. The van der Waals surface area contributed by atoms with Crippen molar-refractivity contribution in [2.45, 2.75) is 45.6 Å². The molecule has 1 heterocycles. The van der Waals surface area contributed by atoms with Gasteiger partial charge in [0.25, 0.3) is 0 Å². The second-order valence-electron chi connectivity index (χ2n) is 7.67. The first kappa shape index (κ1) is 20.1. The fourth-order valence-electron chi connectivity index (χ4n) is 3.95. The van der Waals surface area contributed by atoms with Gasteiger partial charge in [0.05, 0.1) is 30.1 Å². The van der Waals surface area contributed by atoms with Gasteiger partial charge in [-0.15, -0.1) is 0 Å². The normalized spacial score (nSPS) is 13.8. The van der Waals surface area contributed by atoms with Crippen molar-refractivity contribution in [2.24, 2.45) is 0 Å². The molecule has 6 nitrogen and oxygen atoms in total. The molecule has 1 aromatic heterocycles. The van der Waals surface area contributed by atoms with Crippen LogP contribution in [0.25, 0.3) is 22.2 Å². The quantitative estimate of drug-likeness (QED) is 0.505. The Bertz CT molecular complexity index is 1040. The molecule has 0 unspecified atom stereocenters. The van der Waals surface area contributed by atoms with Gasteiger partial charge in [-0.1, -0.05) is 19.1 Å². The highest BCUT2D eigenvalue weighted by Crippen LogP contribution is 2.44. The summed E-state index contributed by atoms with van der Waals surface area (Å²) in [5.74, 6) is 0.861. The standard InChI is InChI=1S/C24H29N3O3/c1-3-14-30-24(28)26-17-10-8-16(9-11-17)23-22(25)20-13-12-19(29-4-2)15-21(20)27(23)18-6-5-7-18/h8-13,15,18H,3-7,14,25H2,1-2H3,(H,26,28). The molecular weight excluding hydrogens is 378 g/mol. The first-order valence-electron chi connectivity index (χ1n) is 10.7. The second kappa shape index (κ2) is 8.69. The van der Waals surface area contributed by atoms with Gasteiger partial charge in [-0.2, -0.15) is 0 Å². The average Bonchev–Trinajstić information content (AvgIpc) is 2.98. The predicted octanol–water partition coefficient (Wildman–Crippen LogP) is 5.97. The van der Waals surface area contributed by atoms with Crippen molar-refractivity contribution in [3.8, 4) is 17.0 Å². The lowest BCUT2D eigenvalue weighted by Crippen LogP contribution is -2.18. The summed E-state index contributed by atoms with van der Waals surface area (Å²) in [5, 5.41) is 3.81. The molecule has 3 aromatic rings. The number of carbonyl (C=O) groups is 1. The van der Waals surface area contributed by atoms with E-state index in [2.05, 4.69) is 16.0 Å². The van der Waals surface area contributed by atoms with Gasteiger partial charge in [-0.3, -0.25) is 5.32 Å². The molecular formula is C24H29N3O3. The number of hydrogen-bond donors (Lipinski definition) is 2. The summed E-state index contributed by atoms with van der Waals surface area (Å²) < 4.78 is 13.2. The molecule has 0 radical (unpaired) electrons. The van der Waals surface area contributed by atoms with E-state index >= 15 is 0 Å². The van der Waals surface area contributed by atoms with Crippen LogP contribution in [0.5, 0.6) is 5.75 Å². The number of hydrogen-bond acceptors (Lipinski definition) is 4. The lowest BCUT2D eigenvalue weighted by molar-refractivity contribution is 0.161. The molecule has 2 aromatic carbocycles. The number of carbonyl (C=O) groups excluding carboxylic acids is 1. The molecule has 1 aliphatic carbocycles. The summed E-state index contributed by atoms with van der Waals surface area (Å²) in [5.41, 5.74) is 11.3. The van der Waals surface area contributed by atoms with E-state index in [-0.39, 0.29) is 0 Å². The van der Waals surface area contributed by atoms with Crippen LogP contribution in [0.4, 0.5) is 16.2 Å². The average molecular weight is 408 g/mol. The summed E-state index contributed by atoms with van der Waals surface area (Å²) in [7, 11) is 0. The predicted molar refractivity (Wildman–Crippen MR) is 121 cm³/mol. The summed E-state index contributed by atoms with van der Waals surface area (Å²) in [6.07, 6.45) is 3.90. The molecule has 1 saturated carbocycles. The van der Waals surface area contributed by atoms with E-state index in [0.717, 1.165) is 52.9 Å². The van der Waals surface area contributed by atoms with Gasteiger partial charge in [0, 0.05) is 28.7 Å². The molecule has 0 bridgehead atoms. The second-order valence-corrected chi connectivity index (χ2v) is 7.67. The van der Waals surface area contributed by atoms with E-state index in [9.17, 15) is 4.79 Å². The SMILES string of the molecule is CCCOC(=O)Nc1ccc(-c2c(N)c3ccc(OCC)cc3n2C2CCC2)cc1. The van der Waals surface area contributed by atoms with E-state index in [4.69, 9.17) is 15.2 Å². The summed E-state index contributed by atoms with van der Waals surface area (Å²) in [6.45, 7) is 4.99. The van der Waals surface area contributed by atoms with Crippen molar-refractivity contribution in [1.82, 2.24) is 4.57 Å². The van der Waals surface area contributed by atoms with E-state index in [0.29, 0.717) is 24.9 Å². The Hall–Kier alpha value is -3.15. The fraction of sp³-hybridized carbons (Fsp3) is 0.375. The third kappa shape index (κ3) is 3.82. The Kier molecular flexibility index (Phi) is 5.84. The number of nitrogens with one attached hydrogen (secondary N) is 1. The van der Waals surface area contributed by atoms with E-state index in [1.54, 1.807) is 0 Å². The van der Waals surface area contributed by atoms with Gasteiger partial charge in [0.2, 0.25) is 0 Å². The van der Waals surface area contributed by atoms with Gasteiger partial charge in [-0.25, -0.2) is 4.79 Å². The van der Waals surface area contributed by atoms with Crippen molar-refractivity contribution >= 4 is 28.4 Å². The smallest absolute Gasteiger partial charge is 0.411 e. The maximum absolute atomic E-state index is 11.8. The maximum Gasteiger partial charge on any atom is 0.411 e. The minimum Gasteiger partial charge on any atom is -0.494 e. The number of anilines is 2. The molecule has 0 saturated heterocycles. The highest BCUT2D eigenvalue weighted by molar-refractivity contribution is 6.01. The number of fused-ring (bicyclic) bond motifs is 1. The minimum absolute atomic E-state index is 0.408. The molecule has 1 amide bonds. The molecule has 30 heavy (non-hydrogen) atoms. The molecule has 3 N–H and O–H groups in total. The first-order valence-corrected chi connectivity index (χ1v) is 10.7. The first-order chi connectivity index (χ1) is 14.6. The Labute approximate surface area is 177 Å². The van der Waals surface area contributed by atoms with Crippen molar-refractivity contribution in [3.63, 3.8) is 0 Å². The zero-order chi connectivity index (χ0) is 21.1. The zero-order valence-corrected chi connectivity index (χ0v) is 17.6. The van der Waals surface area contributed by atoms with Crippen LogP contribution in [-0.2, 0) is 4.74 Å². The van der Waals surface area contributed by atoms with Crippen LogP contribution in [0.15, 0.2) is 42.5 Å². The largest absolute Gasteiger partial charge is 0.494 e. The third-order valence-corrected chi connectivity index (χ3v) is 5.61. The van der Waals surface area contributed by atoms with E-state index in [1.807, 2.05) is 50.2 Å². The summed E-state index contributed by atoms with van der Waals surface area (Å²) in [4.78, 5) is 11.8. The van der Waals surface area contributed by atoms with Crippen molar-refractivity contribution < 1.29 is 14.3 Å². The maximum atomic E-state index is 11.8. The topological polar surface area (TPSA) is 78.5 Å². The number of aromatic nitrogens is 1. The van der Waals surface area contributed by atoms with E-state index < -0.39 is 6.09 Å². The zero-order valence-electron chi connectivity index (χ0n) is 17.6. The van der Waals surface area contributed by atoms with Gasteiger partial charge >= 0.3 is 6.09 Å². The number of ether oxygens (including phenoxy) is 2. The van der Waals surface area contributed by atoms with Crippen molar-refractivity contribution in [1.29, 1.82) is 0 Å². The number of nitrogens with zero attached hydrogens (tertiary/aromatic N) is 1. The monoisotopic (exact) mass is 407 g/mol. The van der Waals surface area contributed by atoms with Crippen LogP contribution >= 0.6 is 0 Å². The van der Waals surface area contributed by atoms with Gasteiger partial charge in [0.1, 0.15) is 5.75 Å². The molecule has 1 aliphatic rings. The lowest BCUT2D eigenvalue weighted by Gasteiger charge is -2.30. The Balaban J connectivity index is 1.71. The van der Waals surface area contributed by atoms with Crippen LogP contribution < -0.4 is 15.8 Å². The van der Waals surface area contributed by atoms with Gasteiger partial charge < -0.3 is 19.8 Å². The highest BCUT2D eigenvalue weighted by atomic mass is 16.5. The van der Waals surface area contributed by atoms with Crippen molar-refractivity contribution in [3.05, 3.63) is 42.5 Å². The Morgan fingerprint density at radius 3 is 2.57 bits per heavy atom. The molecule has 4 rings (SSSR count). The molecule has 158 valence electrons. The molecule has 0 spiro atoms. The molecule has 0 atom stereocenters. The Morgan fingerprint density at radius 1 is 1.17 bits per heavy atom. The third-order valence-electron chi connectivity index (χ3n) is 5.61. The fourth-order valence-corrected chi connectivity index (χ4v) is 3.95. The van der Waals surface area contributed by atoms with E-state index in [1.165, 1.54) is 6.42 Å². The van der Waals surface area contributed by atoms with Crippen LogP contribution in [0.2, 0.25) is 0 Å². The van der Waals surface area contributed by atoms with Crippen LogP contribution in [0, 0.1) is 0 Å². The minimum atomic E-state index is -0.434.